The zero-order chi connectivity index (χ0) is 39.3. The third-order valence-electron chi connectivity index (χ3n) is 9.52. The van der Waals surface area contributed by atoms with E-state index in [9.17, 15) is 0 Å². The predicted molar refractivity (Wildman–Crippen MR) is 208 cm³/mol. The Hall–Kier alpha value is -6.44. The Morgan fingerprint density at radius 2 is 0.837 bits per heavy atom. The number of fused-ring (bicyclic) bond motifs is 7. The summed E-state index contributed by atoms with van der Waals surface area (Å²) in [6.07, 6.45) is 0. The Bertz CT molecular complexity index is 3220. The monoisotopic (exact) mass is 630 g/mol. The Morgan fingerprint density at radius 1 is 0.347 bits per heavy atom. The van der Waals surface area contributed by atoms with Gasteiger partial charge in [0.2, 0.25) is 0 Å². The Morgan fingerprint density at radius 3 is 1.45 bits per heavy atom. The molecule has 0 fully saturated rings. The van der Waals surface area contributed by atoms with Crippen molar-refractivity contribution < 1.29 is 15.4 Å². The second kappa shape index (κ2) is 11.1. The molecule has 0 saturated heterocycles. The van der Waals surface area contributed by atoms with Crippen molar-refractivity contribution in [1.82, 2.24) is 0 Å². The minimum absolute atomic E-state index is 0.199. The van der Waals surface area contributed by atoms with Gasteiger partial charge in [0, 0.05) is 16.2 Å². The molecule has 0 aliphatic heterocycles. The van der Waals surface area contributed by atoms with Crippen molar-refractivity contribution in [3.63, 3.8) is 0 Å². The molecule has 9 aromatic carbocycles. The molecule has 1 aromatic heterocycles. The summed E-state index contributed by atoms with van der Waals surface area (Å²) in [5.74, 6) is 0. The van der Waals surface area contributed by atoms with Gasteiger partial charge in [0.1, 0.15) is 11.2 Å². The lowest BCUT2D eigenvalue weighted by atomic mass is 9.86. The molecule has 0 radical (unpaired) electrons. The van der Waals surface area contributed by atoms with Crippen molar-refractivity contribution in [2.45, 2.75) is 0 Å². The molecule has 49 heavy (non-hydrogen) atoms. The fourth-order valence-electron chi connectivity index (χ4n) is 7.18. The summed E-state index contributed by atoms with van der Waals surface area (Å²) in [6, 6.07) is 40.8. The van der Waals surface area contributed by atoms with Crippen LogP contribution in [-0.4, -0.2) is 0 Å². The highest BCUT2D eigenvalue weighted by atomic mass is 16.3. The maximum Gasteiger partial charge on any atom is 0.143 e. The standard InChI is InChI=1S/C48H30O/c1-2-11-35(12-3-1)46-39-14-6-8-16-41(39)47(42-17-9-7-15-40(42)46)36-24-22-32(23-25-36)31-18-20-33(21-19-31)37-27-29-45-44(30-37)43-28-26-34-10-4-5-13-38(34)48(43)49-45/h1-30H/i6D,7D,8D,9D,14D,15D,16D,17D. The van der Waals surface area contributed by atoms with Crippen molar-refractivity contribution in [1.29, 1.82) is 0 Å². The van der Waals surface area contributed by atoms with Gasteiger partial charge in [-0.05, 0) is 89.6 Å². The van der Waals surface area contributed by atoms with Crippen LogP contribution >= 0.6 is 0 Å². The van der Waals surface area contributed by atoms with Crippen molar-refractivity contribution in [3.05, 3.63) is 182 Å². The summed E-state index contributed by atoms with van der Waals surface area (Å²) in [5.41, 5.74) is 7.52. The first-order valence-electron chi connectivity index (χ1n) is 20.2. The predicted octanol–water partition coefficient (Wildman–Crippen LogP) is 13.7. The Labute approximate surface area is 295 Å². The minimum Gasteiger partial charge on any atom is -0.455 e. The summed E-state index contributed by atoms with van der Waals surface area (Å²) in [6.45, 7) is 0. The van der Waals surface area contributed by atoms with Crippen molar-refractivity contribution in [3.8, 4) is 44.5 Å². The van der Waals surface area contributed by atoms with Gasteiger partial charge in [-0.1, -0.05) is 164 Å². The number of hydrogen-bond donors (Lipinski definition) is 0. The average Bonchev–Trinajstić information content (AvgIpc) is 3.64. The van der Waals surface area contributed by atoms with Crippen LogP contribution in [0.5, 0.6) is 0 Å². The zero-order valence-corrected chi connectivity index (χ0v) is 26.1. The zero-order valence-electron chi connectivity index (χ0n) is 34.1. The van der Waals surface area contributed by atoms with Crippen LogP contribution in [0.3, 0.4) is 0 Å². The van der Waals surface area contributed by atoms with Gasteiger partial charge in [0.15, 0.2) is 0 Å². The van der Waals surface area contributed by atoms with Crippen molar-refractivity contribution in [2.75, 3.05) is 0 Å². The quantitative estimate of drug-likeness (QED) is 0.176. The van der Waals surface area contributed by atoms with E-state index >= 15 is 0 Å². The van der Waals surface area contributed by atoms with Crippen molar-refractivity contribution >= 4 is 54.3 Å². The molecule has 1 heterocycles. The first-order chi connectivity index (χ1) is 27.6. The number of furan rings is 1. The Balaban J connectivity index is 1.11. The summed E-state index contributed by atoms with van der Waals surface area (Å²) >= 11 is 0. The van der Waals surface area contributed by atoms with Crippen LogP contribution in [0.1, 0.15) is 11.0 Å². The SMILES string of the molecule is [2H]c1c([2H])c([2H])c2c(-c3ccc(-c4ccc(-c5ccc6oc7c8ccccc8ccc7c6c5)cc4)cc3)c3c([2H])c([2H])c([2H])c([2H])c3c(-c3ccccc3)c2c1[2H]. The molecule has 1 heteroatoms. The van der Waals surface area contributed by atoms with Crippen LogP contribution in [0.2, 0.25) is 0 Å². The van der Waals surface area contributed by atoms with Crippen molar-refractivity contribution in [2.24, 2.45) is 0 Å². The molecule has 0 saturated carbocycles. The normalized spacial score (nSPS) is 14.0. The van der Waals surface area contributed by atoms with Gasteiger partial charge in [0.05, 0.1) is 11.0 Å². The lowest BCUT2D eigenvalue weighted by molar-refractivity contribution is 0.672. The van der Waals surface area contributed by atoms with Crippen LogP contribution in [0.4, 0.5) is 0 Å². The van der Waals surface area contributed by atoms with Crippen LogP contribution < -0.4 is 0 Å². The van der Waals surface area contributed by atoms with Gasteiger partial charge in [-0.15, -0.1) is 0 Å². The van der Waals surface area contributed by atoms with Crippen LogP contribution in [0.15, 0.2) is 186 Å². The molecular weight excluding hydrogens is 593 g/mol. The molecular formula is C48H30O. The Kier molecular flexibility index (Phi) is 4.69. The highest BCUT2D eigenvalue weighted by Gasteiger charge is 2.16. The fraction of sp³-hybridized carbons (Fsp3) is 0. The first kappa shape index (κ1) is 20.7. The number of hydrogen-bond acceptors (Lipinski definition) is 1. The molecule has 0 spiro atoms. The van der Waals surface area contributed by atoms with Gasteiger partial charge < -0.3 is 4.42 Å². The summed E-state index contributed by atoms with van der Waals surface area (Å²) < 4.78 is 77.4. The third kappa shape index (κ3) is 4.47. The van der Waals surface area contributed by atoms with Gasteiger partial charge in [0.25, 0.3) is 0 Å². The van der Waals surface area contributed by atoms with E-state index in [1.54, 1.807) is 24.3 Å². The van der Waals surface area contributed by atoms with E-state index in [2.05, 4.69) is 60.7 Å². The summed E-state index contributed by atoms with van der Waals surface area (Å²) in [7, 11) is 0. The van der Waals surface area contributed by atoms with Crippen LogP contribution in [-0.2, 0) is 0 Å². The minimum atomic E-state index is -0.418. The highest BCUT2D eigenvalue weighted by molar-refractivity contribution is 6.21. The maximum atomic E-state index is 9.16. The van der Waals surface area contributed by atoms with Gasteiger partial charge in [-0.3, -0.25) is 0 Å². The highest BCUT2D eigenvalue weighted by Crippen LogP contribution is 2.44. The largest absolute Gasteiger partial charge is 0.455 e. The smallest absolute Gasteiger partial charge is 0.143 e. The molecule has 0 atom stereocenters. The van der Waals surface area contributed by atoms with E-state index in [1.165, 1.54) is 0 Å². The summed E-state index contributed by atoms with van der Waals surface area (Å²) in [5, 5.41) is 5.15. The molecule has 0 unspecified atom stereocenters. The third-order valence-corrected chi connectivity index (χ3v) is 9.52. The molecule has 0 amide bonds. The first-order valence-corrected chi connectivity index (χ1v) is 16.2. The van der Waals surface area contributed by atoms with E-state index in [4.69, 9.17) is 15.4 Å². The maximum absolute atomic E-state index is 9.16. The number of benzene rings is 9. The molecule has 1 nitrogen and oxygen atoms in total. The molecule has 10 rings (SSSR count). The lowest BCUT2D eigenvalue weighted by Gasteiger charge is -2.18. The number of rotatable bonds is 4. The molecule has 0 aliphatic carbocycles. The van der Waals surface area contributed by atoms with Gasteiger partial charge in [-0.2, -0.15) is 0 Å². The molecule has 228 valence electrons. The molecule has 10 aromatic rings. The topological polar surface area (TPSA) is 13.1 Å². The van der Waals surface area contributed by atoms with E-state index in [0.717, 1.165) is 55.0 Å². The second-order valence-electron chi connectivity index (χ2n) is 12.2. The molecule has 0 N–H and O–H groups in total. The van der Waals surface area contributed by atoms with E-state index in [-0.39, 0.29) is 45.7 Å². The van der Waals surface area contributed by atoms with E-state index in [1.807, 2.05) is 48.5 Å². The van der Waals surface area contributed by atoms with E-state index in [0.29, 0.717) is 22.3 Å². The summed E-state index contributed by atoms with van der Waals surface area (Å²) in [4.78, 5) is 0. The van der Waals surface area contributed by atoms with Crippen LogP contribution in [0, 0.1) is 0 Å². The second-order valence-corrected chi connectivity index (χ2v) is 12.2. The molecule has 0 aliphatic rings. The average molecular weight is 631 g/mol. The van der Waals surface area contributed by atoms with Crippen LogP contribution in [0.25, 0.3) is 98.8 Å². The van der Waals surface area contributed by atoms with Gasteiger partial charge >= 0.3 is 0 Å². The molecule has 0 bridgehead atoms. The lowest BCUT2D eigenvalue weighted by Crippen LogP contribution is -1.90. The fourth-order valence-corrected chi connectivity index (χ4v) is 7.18. The van der Waals surface area contributed by atoms with E-state index < -0.39 is 24.2 Å². The van der Waals surface area contributed by atoms with Gasteiger partial charge in [-0.25, -0.2) is 0 Å².